The Morgan fingerprint density at radius 3 is 2.50 bits per heavy atom. The number of aryl methyl sites for hydroxylation is 2. The van der Waals surface area contributed by atoms with Gasteiger partial charge in [0, 0.05) is 23.2 Å². The highest BCUT2D eigenvalue weighted by atomic mass is 32.1. The number of hydrogen-bond acceptors (Lipinski definition) is 4. The molecule has 4 rings (SSSR count). The van der Waals surface area contributed by atoms with Gasteiger partial charge in [-0.25, -0.2) is 0 Å². The van der Waals surface area contributed by atoms with Gasteiger partial charge in [-0.3, -0.25) is 9.59 Å². The molecule has 30 heavy (non-hydrogen) atoms. The van der Waals surface area contributed by atoms with E-state index in [1.54, 1.807) is 12.1 Å². The molecule has 0 radical (unpaired) electrons. The minimum absolute atomic E-state index is 0.187. The fourth-order valence-corrected chi connectivity index (χ4v) is 3.99. The van der Waals surface area contributed by atoms with Gasteiger partial charge in [-0.15, -0.1) is 0 Å². The molecule has 2 N–H and O–H groups in total. The molecule has 0 atom stereocenters. The van der Waals surface area contributed by atoms with Crippen molar-refractivity contribution in [2.75, 3.05) is 5.32 Å². The van der Waals surface area contributed by atoms with Crippen molar-refractivity contribution >= 4 is 39.1 Å². The van der Waals surface area contributed by atoms with Gasteiger partial charge in [0.1, 0.15) is 5.69 Å². The molecular weight excluding hydrogens is 394 g/mol. The highest BCUT2D eigenvalue weighted by Gasteiger charge is 2.16. The number of hydrogen-bond donors (Lipinski definition) is 2. The molecule has 5 nitrogen and oxygen atoms in total. The number of anilines is 1. The van der Waals surface area contributed by atoms with Crippen molar-refractivity contribution in [1.82, 2.24) is 9.69 Å². The lowest BCUT2D eigenvalue weighted by Crippen LogP contribution is -2.23. The average molecular weight is 416 g/mol. The van der Waals surface area contributed by atoms with E-state index in [0.29, 0.717) is 23.5 Å². The standard InChI is InChI=1S/C24H21N3O2S/c1-15-7-3-4-8-18(15)14-25-23(28)17-12-11-16(2)20(13-17)26-24(29)22-19-9-5-6-10-21(19)30-27-22/h3-13H,14H2,1-2H3,(H,25,28)(H,26,29). The van der Waals surface area contributed by atoms with Gasteiger partial charge >= 0.3 is 0 Å². The maximum absolute atomic E-state index is 12.8. The zero-order valence-corrected chi connectivity index (χ0v) is 17.5. The minimum atomic E-state index is -0.284. The largest absolute Gasteiger partial charge is 0.348 e. The summed E-state index contributed by atoms with van der Waals surface area (Å²) < 4.78 is 5.26. The van der Waals surface area contributed by atoms with Crippen LogP contribution in [0.4, 0.5) is 5.69 Å². The molecule has 0 saturated carbocycles. The van der Waals surface area contributed by atoms with Crippen LogP contribution in [0.3, 0.4) is 0 Å². The van der Waals surface area contributed by atoms with Crippen LogP contribution in [0.5, 0.6) is 0 Å². The van der Waals surface area contributed by atoms with Gasteiger partial charge in [0.25, 0.3) is 11.8 Å². The van der Waals surface area contributed by atoms with Crippen molar-refractivity contribution in [2.24, 2.45) is 0 Å². The molecule has 150 valence electrons. The smallest absolute Gasteiger partial charge is 0.276 e. The molecule has 3 aromatic carbocycles. The molecule has 6 heteroatoms. The molecule has 0 unspecified atom stereocenters. The number of amides is 2. The zero-order valence-electron chi connectivity index (χ0n) is 16.7. The average Bonchev–Trinajstić information content (AvgIpc) is 3.19. The van der Waals surface area contributed by atoms with Crippen molar-refractivity contribution in [1.29, 1.82) is 0 Å². The molecule has 0 aliphatic rings. The van der Waals surface area contributed by atoms with Gasteiger partial charge in [-0.1, -0.05) is 48.5 Å². The van der Waals surface area contributed by atoms with Crippen LogP contribution >= 0.6 is 11.5 Å². The Kier molecular flexibility index (Phi) is 5.59. The van der Waals surface area contributed by atoms with E-state index in [4.69, 9.17) is 0 Å². The second-order valence-electron chi connectivity index (χ2n) is 7.12. The summed E-state index contributed by atoms with van der Waals surface area (Å²) >= 11 is 1.30. The fourth-order valence-electron chi connectivity index (χ4n) is 3.22. The summed E-state index contributed by atoms with van der Waals surface area (Å²) in [5.41, 5.74) is 4.56. The zero-order chi connectivity index (χ0) is 21.1. The van der Waals surface area contributed by atoms with Gasteiger partial charge < -0.3 is 10.6 Å². The topological polar surface area (TPSA) is 71.1 Å². The quantitative estimate of drug-likeness (QED) is 0.477. The number of rotatable bonds is 5. The van der Waals surface area contributed by atoms with E-state index < -0.39 is 0 Å². The maximum atomic E-state index is 12.8. The molecular formula is C24H21N3O2S. The summed E-state index contributed by atoms with van der Waals surface area (Å²) in [7, 11) is 0. The number of benzene rings is 3. The Morgan fingerprint density at radius 1 is 0.900 bits per heavy atom. The molecule has 0 saturated heterocycles. The van der Waals surface area contributed by atoms with Crippen molar-refractivity contribution in [2.45, 2.75) is 20.4 Å². The van der Waals surface area contributed by atoms with E-state index in [-0.39, 0.29) is 11.8 Å². The number of fused-ring (bicyclic) bond motifs is 1. The normalized spacial score (nSPS) is 10.7. The molecule has 4 aromatic rings. The SMILES string of the molecule is Cc1ccccc1CNC(=O)c1ccc(C)c(NC(=O)c2nsc3ccccc23)c1. The Hall–Kier alpha value is -3.51. The molecule has 0 aliphatic heterocycles. The molecule has 0 aliphatic carbocycles. The number of carbonyl (C=O) groups excluding carboxylic acids is 2. The second kappa shape index (κ2) is 8.47. The monoisotopic (exact) mass is 415 g/mol. The predicted molar refractivity (Wildman–Crippen MR) is 121 cm³/mol. The van der Waals surface area contributed by atoms with Crippen LogP contribution in [0.15, 0.2) is 66.7 Å². The lowest BCUT2D eigenvalue weighted by Gasteiger charge is -2.11. The van der Waals surface area contributed by atoms with Crippen molar-refractivity contribution in [3.8, 4) is 0 Å². The minimum Gasteiger partial charge on any atom is -0.348 e. The van der Waals surface area contributed by atoms with Crippen LogP contribution in [-0.4, -0.2) is 16.2 Å². The Labute approximate surface area is 178 Å². The fraction of sp³-hybridized carbons (Fsp3) is 0.125. The highest BCUT2D eigenvalue weighted by Crippen LogP contribution is 2.24. The third kappa shape index (κ3) is 4.09. The summed E-state index contributed by atoms with van der Waals surface area (Å²) in [5, 5.41) is 6.68. The van der Waals surface area contributed by atoms with Crippen LogP contribution in [0.2, 0.25) is 0 Å². The molecule has 1 aromatic heterocycles. The summed E-state index contributed by atoms with van der Waals surface area (Å²) in [6.45, 7) is 4.36. The first-order chi connectivity index (χ1) is 14.5. The number of carbonyl (C=O) groups is 2. The van der Waals surface area contributed by atoms with Crippen LogP contribution in [0.1, 0.15) is 37.5 Å². The van der Waals surface area contributed by atoms with Gasteiger partial charge in [0.2, 0.25) is 0 Å². The molecule has 0 bridgehead atoms. The maximum Gasteiger partial charge on any atom is 0.276 e. The van der Waals surface area contributed by atoms with E-state index in [9.17, 15) is 9.59 Å². The number of nitrogens with one attached hydrogen (secondary N) is 2. The summed E-state index contributed by atoms with van der Waals surface area (Å²) in [6.07, 6.45) is 0. The van der Waals surface area contributed by atoms with Gasteiger partial charge in [0.15, 0.2) is 0 Å². The van der Waals surface area contributed by atoms with Gasteiger partial charge in [-0.2, -0.15) is 4.37 Å². The van der Waals surface area contributed by atoms with E-state index in [1.165, 1.54) is 11.5 Å². The predicted octanol–water partition coefficient (Wildman–Crippen LogP) is 5.10. The Morgan fingerprint density at radius 2 is 1.67 bits per heavy atom. The van der Waals surface area contributed by atoms with E-state index in [0.717, 1.165) is 26.8 Å². The molecule has 0 spiro atoms. The summed E-state index contributed by atoms with van der Waals surface area (Å²) in [4.78, 5) is 25.5. The Bertz CT molecular complexity index is 1250. The summed E-state index contributed by atoms with van der Waals surface area (Å²) in [5.74, 6) is -0.471. The van der Waals surface area contributed by atoms with Gasteiger partial charge in [-0.05, 0) is 60.3 Å². The first-order valence-electron chi connectivity index (χ1n) is 9.62. The van der Waals surface area contributed by atoms with Crippen molar-refractivity contribution in [3.05, 3.63) is 94.7 Å². The molecule has 0 fully saturated rings. The Balaban J connectivity index is 1.51. The number of nitrogens with zero attached hydrogens (tertiary/aromatic N) is 1. The van der Waals surface area contributed by atoms with E-state index in [1.807, 2.05) is 68.4 Å². The summed E-state index contributed by atoms with van der Waals surface area (Å²) in [6, 6.07) is 20.9. The van der Waals surface area contributed by atoms with Crippen molar-refractivity contribution in [3.63, 3.8) is 0 Å². The lowest BCUT2D eigenvalue weighted by atomic mass is 10.1. The first kappa shape index (κ1) is 19.8. The van der Waals surface area contributed by atoms with Gasteiger partial charge in [0.05, 0.1) is 4.70 Å². The van der Waals surface area contributed by atoms with Crippen LogP contribution in [-0.2, 0) is 6.54 Å². The third-order valence-corrected chi connectivity index (χ3v) is 5.87. The van der Waals surface area contributed by atoms with Crippen LogP contribution in [0.25, 0.3) is 10.1 Å². The molecule has 2 amide bonds. The lowest BCUT2D eigenvalue weighted by molar-refractivity contribution is 0.0949. The first-order valence-corrected chi connectivity index (χ1v) is 10.4. The second-order valence-corrected chi connectivity index (χ2v) is 7.93. The molecule has 1 heterocycles. The number of aromatic nitrogens is 1. The van der Waals surface area contributed by atoms with Crippen molar-refractivity contribution < 1.29 is 9.59 Å². The van der Waals surface area contributed by atoms with E-state index in [2.05, 4.69) is 15.0 Å². The third-order valence-electron chi connectivity index (χ3n) is 5.04. The van der Waals surface area contributed by atoms with E-state index >= 15 is 0 Å². The van der Waals surface area contributed by atoms with Crippen LogP contribution in [0, 0.1) is 13.8 Å². The van der Waals surface area contributed by atoms with Crippen LogP contribution < -0.4 is 10.6 Å². The highest BCUT2D eigenvalue weighted by molar-refractivity contribution is 7.13.